The zero-order valence-corrected chi connectivity index (χ0v) is 11.7. The highest BCUT2D eigenvalue weighted by Crippen LogP contribution is 2.24. The normalized spacial score (nSPS) is 17.1. The second kappa shape index (κ2) is 6.08. The van der Waals surface area contributed by atoms with Gasteiger partial charge in [0.1, 0.15) is 0 Å². The molecule has 1 saturated carbocycles. The van der Waals surface area contributed by atoms with E-state index in [0.717, 1.165) is 19.0 Å². The van der Waals surface area contributed by atoms with Gasteiger partial charge in [0, 0.05) is 6.04 Å². The summed E-state index contributed by atoms with van der Waals surface area (Å²) in [6, 6.07) is 6.74. The molecule has 1 atom stereocenters. The molecule has 0 heterocycles. The highest BCUT2D eigenvalue weighted by molar-refractivity contribution is 6.42. The minimum atomic E-state index is 0.637. The predicted molar refractivity (Wildman–Crippen MR) is 75.0 cm³/mol. The maximum atomic E-state index is 6.01. The van der Waals surface area contributed by atoms with Gasteiger partial charge in [0.05, 0.1) is 10.0 Å². The van der Waals surface area contributed by atoms with Crippen molar-refractivity contribution < 1.29 is 0 Å². The first kappa shape index (κ1) is 13.2. The molecule has 17 heavy (non-hydrogen) atoms. The Labute approximate surface area is 114 Å². The molecule has 1 N–H and O–H groups in total. The Balaban J connectivity index is 1.75. The smallest absolute Gasteiger partial charge is 0.0595 e. The summed E-state index contributed by atoms with van der Waals surface area (Å²) in [6.07, 6.45) is 5.02. The van der Waals surface area contributed by atoms with Gasteiger partial charge in [0.2, 0.25) is 0 Å². The van der Waals surface area contributed by atoms with E-state index in [1.165, 1.54) is 24.8 Å². The van der Waals surface area contributed by atoms with E-state index in [1.807, 2.05) is 12.1 Å². The van der Waals surface area contributed by atoms with Crippen molar-refractivity contribution >= 4 is 23.2 Å². The topological polar surface area (TPSA) is 12.0 Å². The molecule has 1 aliphatic rings. The molecule has 0 amide bonds. The molecule has 1 aromatic carbocycles. The average Bonchev–Trinajstić information content (AvgIpc) is 3.07. The highest BCUT2D eigenvalue weighted by Gasteiger charge is 2.19. The van der Waals surface area contributed by atoms with Crippen molar-refractivity contribution in [1.82, 2.24) is 5.32 Å². The van der Waals surface area contributed by atoms with E-state index >= 15 is 0 Å². The Hall–Kier alpha value is -0.240. The van der Waals surface area contributed by atoms with Gasteiger partial charge in [-0.15, -0.1) is 0 Å². The van der Waals surface area contributed by atoms with Gasteiger partial charge >= 0.3 is 0 Å². The van der Waals surface area contributed by atoms with E-state index in [0.29, 0.717) is 16.0 Å². The standard InChI is InChI=1S/C14H19Cl2N/c1-10(6-7-17-12-3-4-12)8-11-2-5-13(15)14(16)9-11/h2,5,9-10,12,17H,3-4,6-8H2,1H3. The molecule has 94 valence electrons. The van der Waals surface area contributed by atoms with Gasteiger partial charge in [-0.05, 0) is 55.8 Å². The van der Waals surface area contributed by atoms with Crippen molar-refractivity contribution in [2.45, 2.75) is 38.6 Å². The first-order chi connectivity index (χ1) is 8.15. The van der Waals surface area contributed by atoms with E-state index < -0.39 is 0 Å². The van der Waals surface area contributed by atoms with Crippen LogP contribution in [0.25, 0.3) is 0 Å². The minimum absolute atomic E-state index is 0.637. The van der Waals surface area contributed by atoms with Crippen LogP contribution in [0, 0.1) is 5.92 Å². The molecule has 0 saturated heterocycles. The summed E-state index contributed by atoms with van der Waals surface area (Å²) in [4.78, 5) is 0. The van der Waals surface area contributed by atoms with Gasteiger partial charge in [0.25, 0.3) is 0 Å². The maximum absolute atomic E-state index is 6.01. The summed E-state index contributed by atoms with van der Waals surface area (Å²) < 4.78 is 0. The van der Waals surface area contributed by atoms with Crippen LogP contribution in [-0.4, -0.2) is 12.6 Å². The Morgan fingerprint density at radius 3 is 2.71 bits per heavy atom. The molecular weight excluding hydrogens is 253 g/mol. The summed E-state index contributed by atoms with van der Waals surface area (Å²) in [6.45, 7) is 3.42. The lowest BCUT2D eigenvalue weighted by Crippen LogP contribution is -2.20. The van der Waals surface area contributed by atoms with Gasteiger partial charge in [0.15, 0.2) is 0 Å². The molecule has 1 unspecified atom stereocenters. The fraction of sp³-hybridized carbons (Fsp3) is 0.571. The average molecular weight is 272 g/mol. The van der Waals surface area contributed by atoms with Crippen molar-refractivity contribution in [1.29, 1.82) is 0 Å². The zero-order chi connectivity index (χ0) is 12.3. The molecule has 1 nitrogen and oxygen atoms in total. The minimum Gasteiger partial charge on any atom is -0.314 e. The summed E-state index contributed by atoms with van der Waals surface area (Å²) >= 11 is 11.9. The SMILES string of the molecule is CC(CCNC1CC1)Cc1ccc(Cl)c(Cl)c1. The van der Waals surface area contributed by atoms with E-state index in [2.05, 4.69) is 18.3 Å². The van der Waals surface area contributed by atoms with Crippen LogP contribution in [0.1, 0.15) is 31.7 Å². The summed E-state index contributed by atoms with van der Waals surface area (Å²) in [5.74, 6) is 0.679. The lowest BCUT2D eigenvalue weighted by molar-refractivity contribution is 0.497. The highest BCUT2D eigenvalue weighted by atomic mass is 35.5. The lowest BCUT2D eigenvalue weighted by atomic mass is 9.98. The Morgan fingerprint density at radius 1 is 1.29 bits per heavy atom. The molecule has 1 aromatic rings. The van der Waals surface area contributed by atoms with Crippen LogP contribution in [0.3, 0.4) is 0 Å². The van der Waals surface area contributed by atoms with Crippen molar-refractivity contribution in [3.05, 3.63) is 33.8 Å². The van der Waals surface area contributed by atoms with E-state index in [4.69, 9.17) is 23.2 Å². The zero-order valence-electron chi connectivity index (χ0n) is 10.2. The van der Waals surface area contributed by atoms with E-state index in [-0.39, 0.29) is 0 Å². The van der Waals surface area contributed by atoms with Crippen molar-refractivity contribution in [2.75, 3.05) is 6.54 Å². The maximum Gasteiger partial charge on any atom is 0.0595 e. The number of hydrogen-bond donors (Lipinski definition) is 1. The second-order valence-corrected chi connectivity index (χ2v) is 5.89. The van der Waals surface area contributed by atoms with Crippen LogP contribution in [0.4, 0.5) is 0 Å². The Morgan fingerprint density at radius 2 is 2.06 bits per heavy atom. The molecular formula is C14H19Cl2N. The molecule has 1 aliphatic carbocycles. The largest absolute Gasteiger partial charge is 0.314 e. The van der Waals surface area contributed by atoms with Gasteiger partial charge < -0.3 is 5.32 Å². The van der Waals surface area contributed by atoms with Crippen LogP contribution in [0.5, 0.6) is 0 Å². The van der Waals surface area contributed by atoms with Crippen LogP contribution >= 0.6 is 23.2 Å². The molecule has 2 rings (SSSR count). The van der Waals surface area contributed by atoms with E-state index in [1.54, 1.807) is 0 Å². The van der Waals surface area contributed by atoms with E-state index in [9.17, 15) is 0 Å². The second-order valence-electron chi connectivity index (χ2n) is 5.07. The first-order valence-electron chi connectivity index (χ1n) is 6.32. The van der Waals surface area contributed by atoms with Gasteiger partial charge in [-0.25, -0.2) is 0 Å². The Bertz CT molecular complexity index is 374. The first-order valence-corrected chi connectivity index (χ1v) is 7.08. The fourth-order valence-electron chi connectivity index (χ4n) is 1.99. The quantitative estimate of drug-likeness (QED) is 0.813. The predicted octanol–water partition coefficient (Wildman–Crippen LogP) is 4.31. The molecule has 0 aliphatic heterocycles. The molecule has 0 aromatic heterocycles. The van der Waals surface area contributed by atoms with Crippen LogP contribution in [0.15, 0.2) is 18.2 Å². The molecule has 0 spiro atoms. The molecule has 0 bridgehead atoms. The third-order valence-corrected chi connectivity index (χ3v) is 3.95. The van der Waals surface area contributed by atoms with Crippen LogP contribution in [-0.2, 0) is 6.42 Å². The fourth-order valence-corrected chi connectivity index (χ4v) is 2.31. The number of hydrogen-bond acceptors (Lipinski definition) is 1. The summed E-state index contributed by atoms with van der Waals surface area (Å²) in [5, 5.41) is 4.84. The van der Waals surface area contributed by atoms with Gasteiger partial charge in [-0.3, -0.25) is 0 Å². The van der Waals surface area contributed by atoms with Crippen molar-refractivity contribution in [3.8, 4) is 0 Å². The summed E-state index contributed by atoms with van der Waals surface area (Å²) in [5.41, 5.74) is 1.28. The van der Waals surface area contributed by atoms with Crippen molar-refractivity contribution in [2.24, 2.45) is 5.92 Å². The number of rotatable bonds is 6. The van der Waals surface area contributed by atoms with Gasteiger partial charge in [-0.1, -0.05) is 36.2 Å². The van der Waals surface area contributed by atoms with Crippen LogP contribution < -0.4 is 5.32 Å². The molecule has 0 radical (unpaired) electrons. The Kier molecular flexibility index (Phi) is 4.72. The lowest BCUT2D eigenvalue weighted by Gasteiger charge is -2.12. The van der Waals surface area contributed by atoms with Gasteiger partial charge in [-0.2, -0.15) is 0 Å². The number of benzene rings is 1. The molecule has 1 fully saturated rings. The monoisotopic (exact) mass is 271 g/mol. The summed E-state index contributed by atoms with van der Waals surface area (Å²) in [7, 11) is 0. The number of halogens is 2. The van der Waals surface area contributed by atoms with Crippen molar-refractivity contribution in [3.63, 3.8) is 0 Å². The third-order valence-electron chi connectivity index (χ3n) is 3.22. The molecule has 3 heteroatoms. The van der Waals surface area contributed by atoms with Crippen LogP contribution in [0.2, 0.25) is 10.0 Å². The third kappa shape index (κ3) is 4.50. The number of nitrogens with one attached hydrogen (secondary N) is 1.